The minimum Gasteiger partial charge on any atom is -0.412 e. The van der Waals surface area contributed by atoms with Gasteiger partial charge in [0.1, 0.15) is 0 Å². The van der Waals surface area contributed by atoms with Crippen molar-refractivity contribution in [3.8, 4) is 0 Å². The van der Waals surface area contributed by atoms with Gasteiger partial charge in [-0.15, -0.1) is 0 Å². The molecular formula is C13H20FNO3Si. The summed E-state index contributed by atoms with van der Waals surface area (Å²) in [6.45, 7) is 10.4. The molecule has 0 atom stereocenters. The van der Waals surface area contributed by atoms with Gasteiger partial charge in [0.15, 0.2) is 8.32 Å². The number of hydrogen-bond donors (Lipinski definition) is 0. The summed E-state index contributed by atoms with van der Waals surface area (Å²) < 4.78 is 19.4. The van der Waals surface area contributed by atoms with Gasteiger partial charge in [-0.25, -0.2) is 0 Å². The molecule has 0 heterocycles. The first-order chi connectivity index (χ1) is 8.56. The second-order valence-electron chi connectivity index (χ2n) is 6.05. The number of rotatable bonds is 4. The van der Waals surface area contributed by atoms with Crippen molar-refractivity contribution < 1.29 is 13.7 Å². The highest BCUT2D eigenvalue weighted by molar-refractivity contribution is 6.74. The van der Waals surface area contributed by atoms with Crippen molar-refractivity contribution in [1.82, 2.24) is 0 Å². The van der Waals surface area contributed by atoms with Crippen LogP contribution in [-0.4, -0.2) is 13.2 Å². The monoisotopic (exact) mass is 285 g/mol. The van der Waals surface area contributed by atoms with Gasteiger partial charge in [0.2, 0.25) is 5.82 Å². The molecule has 19 heavy (non-hydrogen) atoms. The van der Waals surface area contributed by atoms with E-state index in [4.69, 9.17) is 4.43 Å². The third-order valence-corrected chi connectivity index (χ3v) is 8.13. The molecule has 1 rings (SSSR count). The summed E-state index contributed by atoms with van der Waals surface area (Å²) in [7, 11) is -2.01. The molecule has 0 aliphatic heterocycles. The van der Waals surface area contributed by atoms with Crippen molar-refractivity contribution in [2.75, 3.05) is 0 Å². The van der Waals surface area contributed by atoms with Crippen LogP contribution in [0.4, 0.5) is 10.1 Å². The van der Waals surface area contributed by atoms with Gasteiger partial charge < -0.3 is 4.43 Å². The summed E-state index contributed by atoms with van der Waals surface area (Å²) in [6, 6.07) is 4.09. The third kappa shape index (κ3) is 3.60. The fourth-order valence-corrected chi connectivity index (χ4v) is 2.30. The highest BCUT2D eigenvalue weighted by atomic mass is 28.4. The molecule has 1 aromatic carbocycles. The Morgan fingerprint density at radius 3 is 2.42 bits per heavy atom. The predicted octanol–water partition coefficient (Wildman–Crippen LogP) is 4.26. The molecule has 106 valence electrons. The molecule has 0 radical (unpaired) electrons. The Hall–Kier alpha value is -1.27. The van der Waals surface area contributed by atoms with Crippen LogP contribution in [0.25, 0.3) is 0 Å². The van der Waals surface area contributed by atoms with Crippen LogP contribution in [0.3, 0.4) is 0 Å². The molecule has 0 bridgehead atoms. The maximum absolute atomic E-state index is 13.5. The lowest BCUT2D eigenvalue weighted by molar-refractivity contribution is -0.388. The van der Waals surface area contributed by atoms with Crippen molar-refractivity contribution in [3.05, 3.63) is 39.7 Å². The fraction of sp³-hybridized carbons (Fsp3) is 0.538. The fourth-order valence-electron chi connectivity index (χ4n) is 1.36. The number of hydrogen-bond acceptors (Lipinski definition) is 3. The first kappa shape index (κ1) is 15.8. The van der Waals surface area contributed by atoms with E-state index < -0.39 is 24.7 Å². The summed E-state index contributed by atoms with van der Waals surface area (Å²) >= 11 is 0. The topological polar surface area (TPSA) is 52.4 Å². The number of nitro benzene ring substituents is 1. The van der Waals surface area contributed by atoms with Gasteiger partial charge >= 0.3 is 5.69 Å². The van der Waals surface area contributed by atoms with E-state index in [0.717, 1.165) is 6.07 Å². The minimum atomic E-state index is -2.01. The zero-order valence-electron chi connectivity index (χ0n) is 12.0. The minimum absolute atomic E-state index is 0.00903. The van der Waals surface area contributed by atoms with Crippen molar-refractivity contribution in [2.24, 2.45) is 0 Å². The van der Waals surface area contributed by atoms with Crippen molar-refractivity contribution in [1.29, 1.82) is 0 Å². The van der Waals surface area contributed by atoms with Gasteiger partial charge in [-0.3, -0.25) is 10.1 Å². The Morgan fingerprint density at radius 2 is 1.95 bits per heavy atom. The van der Waals surface area contributed by atoms with Crippen molar-refractivity contribution >= 4 is 14.0 Å². The van der Waals surface area contributed by atoms with E-state index in [0.29, 0.717) is 0 Å². The standard InChI is InChI=1S/C13H20FNO3Si/c1-13(2,3)19(4,5)18-9-10-7-6-8-11(14)12(10)15(16)17/h6-8H,9H2,1-5H3. The van der Waals surface area contributed by atoms with Gasteiger partial charge in [0.25, 0.3) is 0 Å². The molecule has 0 fully saturated rings. The van der Waals surface area contributed by atoms with Gasteiger partial charge in [0, 0.05) is 0 Å². The maximum atomic E-state index is 13.5. The van der Waals surface area contributed by atoms with Crippen LogP contribution in [0, 0.1) is 15.9 Å². The van der Waals surface area contributed by atoms with E-state index in [2.05, 4.69) is 33.9 Å². The Kier molecular flexibility index (Phi) is 4.47. The average molecular weight is 285 g/mol. The van der Waals surface area contributed by atoms with Gasteiger partial charge in [-0.2, -0.15) is 4.39 Å². The normalized spacial score (nSPS) is 12.5. The molecule has 0 aliphatic rings. The van der Waals surface area contributed by atoms with Crippen LogP contribution >= 0.6 is 0 Å². The quantitative estimate of drug-likeness (QED) is 0.472. The van der Waals surface area contributed by atoms with Gasteiger partial charge in [-0.05, 0) is 30.3 Å². The largest absolute Gasteiger partial charge is 0.412 e. The van der Waals surface area contributed by atoms with Gasteiger partial charge in [0.05, 0.1) is 17.1 Å². The van der Waals surface area contributed by atoms with Crippen molar-refractivity contribution in [3.63, 3.8) is 0 Å². The molecule has 0 saturated carbocycles. The smallest absolute Gasteiger partial charge is 0.310 e. The number of para-hydroxylation sites is 1. The lowest BCUT2D eigenvalue weighted by Gasteiger charge is -2.36. The first-order valence-electron chi connectivity index (χ1n) is 6.12. The number of nitrogens with zero attached hydrogens (tertiary/aromatic N) is 1. The molecule has 0 aliphatic carbocycles. The van der Waals surface area contributed by atoms with Crippen LogP contribution in [0.5, 0.6) is 0 Å². The summed E-state index contributed by atoms with van der Waals surface area (Å²) in [5.74, 6) is -0.818. The van der Waals surface area contributed by atoms with E-state index in [1.807, 2.05) is 0 Å². The first-order valence-corrected chi connectivity index (χ1v) is 9.03. The molecule has 6 heteroatoms. The predicted molar refractivity (Wildman–Crippen MR) is 75.0 cm³/mol. The highest BCUT2D eigenvalue weighted by Gasteiger charge is 2.37. The van der Waals surface area contributed by atoms with E-state index in [-0.39, 0.29) is 17.2 Å². The third-order valence-electron chi connectivity index (χ3n) is 3.65. The lowest BCUT2D eigenvalue weighted by Crippen LogP contribution is -2.40. The zero-order chi connectivity index (χ0) is 14.8. The van der Waals surface area contributed by atoms with E-state index >= 15 is 0 Å². The molecule has 1 aromatic rings. The van der Waals surface area contributed by atoms with Crippen molar-refractivity contribution in [2.45, 2.75) is 45.5 Å². The molecule has 0 N–H and O–H groups in total. The lowest BCUT2D eigenvalue weighted by atomic mass is 10.2. The summed E-state index contributed by atoms with van der Waals surface area (Å²) in [6.07, 6.45) is 0. The SMILES string of the molecule is CC(C)(C)[Si](C)(C)OCc1cccc(F)c1[N+](=O)[O-]. The maximum Gasteiger partial charge on any atom is 0.310 e. The Balaban J connectivity index is 2.97. The van der Waals surface area contributed by atoms with E-state index in [9.17, 15) is 14.5 Å². The average Bonchev–Trinajstić information content (AvgIpc) is 2.24. The molecule has 4 nitrogen and oxygen atoms in total. The Bertz CT molecular complexity index is 483. The Labute approximate surface area is 113 Å². The summed E-state index contributed by atoms with van der Waals surface area (Å²) in [5, 5.41) is 10.9. The zero-order valence-corrected chi connectivity index (χ0v) is 13.0. The Morgan fingerprint density at radius 1 is 1.37 bits per heavy atom. The molecule has 0 spiro atoms. The number of benzene rings is 1. The van der Waals surface area contributed by atoms with Crippen LogP contribution in [0.15, 0.2) is 18.2 Å². The molecule has 0 saturated heterocycles. The van der Waals surface area contributed by atoms with Crippen LogP contribution in [0.2, 0.25) is 18.1 Å². The van der Waals surface area contributed by atoms with E-state index in [1.54, 1.807) is 0 Å². The van der Waals surface area contributed by atoms with Gasteiger partial charge in [-0.1, -0.05) is 26.8 Å². The summed E-state index contributed by atoms with van der Waals surface area (Å²) in [5.41, 5.74) is -0.198. The van der Waals surface area contributed by atoms with E-state index in [1.165, 1.54) is 12.1 Å². The molecule has 0 amide bonds. The molecule has 0 aromatic heterocycles. The number of nitro groups is 1. The summed E-state index contributed by atoms with van der Waals surface area (Å²) in [4.78, 5) is 10.2. The molecular weight excluding hydrogens is 265 g/mol. The van der Waals surface area contributed by atoms with Crippen LogP contribution in [0.1, 0.15) is 26.3 Å². The molecule has 0 unspecified atom stereocenters. The number of halogens is 1. The highest BCUT2D eigenvalue weighted by Crippen LogP contribution is 2.37. The second kappa shape index (κ2) is 5.38. The van der Waals surface area contributed by atoms with Crippen LogP contribution in [-0.2, 0) is 11.0 Å². The second-order valence-corrected chi connectivity index (χ2v) is 10.9. The van der Waals surface area contributed by atoms with Crippen LogP contribution < -0.4 is 0 Å².